The summed E-state index contributed by atoms with van der Waals surface area (Å²) < 4.78 is 5.26. The van der Waals surface area contributed by atoms with Crippen LogP contribution in [0.2, 0.25) is 0 Å². The number of alkyl carbamates (subject to hydrolysis) is 1. The fraction of sp³-hybridized carbons (Fsp3) is 0.462. The minimum absolute atomic E-state index is 0.233. The van der Waals surface area contributed by atoms with Crippen LogP contribution in [-0.4, -0.2) is 11.6 Å². The molecule has 1 atom stereocenters. The highest BCUT2D eigenvalue weighted by Crippen LogP contribution is 2.16. The molecule has 0 spiro atoms. The molecule has 1 aromatic carbocycles. The summed E-state index contributed by atoms with van der Waals surface area (Å²) in [6, 6.07) is 9.67. The van der Waals surface area contributed by atoms with E-state index in [4.69, 9.17) is 4.74 Å². The number of carbonyl (C=O) groups is 1. The lowest BCUT2D eigenvalue weighted by atomic mass is 10.1. The molecule has 16 heavy (non-hydrogen) atoms. The molecular weight excluding hydrogens is 202 g/mol. The normalized spacial score (nSPS) is 13.0. The summed E-state index contributed by atoms with van der Waals surface area (Å²) in [5, 5.41) is 2.76. The van der Waals surface area contributed by atoms with Crippen molar-refractivity contribution in [2.75, 3.05) is 0 Å². The van der Waals surface area contributed by atoms with Crippen molar-refractivity contribution in [3.05, 3.63) is 35.9 Å². The fourth-order valence-electron chi connectivity index (χ4n) is 1.29. The van der Waals surface area contributed by atoms with Crippen LogP contribution in [0.3, 0.4) is 0 Å². The van der Waals surface area contributed by atoms with Crippen LogP contribution < -0.4 is 5.32 Å². The van der Waals surface area contributed by atoms with Crippen LogP contribution >= 0.6 is 0 Å². The number of carbonyl (C=O) groups excluding carboxylic acids is 1. The summed E-state index contributed by atoms with van der Waals surface area (Å²) in [6.45, 7) is 7.61. The third kappa shape index (κ3) is 4.34. The van der Waals surface area contributed by atoms with Gasteiger partial charge in [-0.15, -0.1) is 0 Å². The summed E-state index contributed by atoms with van der Waals surface area (Å²) in [5.41, 5.74) is 0.722. The standard InChI is InChI=1S/C13H19NO2/c1-10(11-8-6-5-7-9-11)16-12(15)14-13(2,3)4/h5-10H,1-4H3,(H,14,15)/t10-/m1/s1. The van der Waals surface area contributed by atoms with E-state index in [1.807, 2.05) is 58.0 Å². The lowest BCUT2D eigenvalue weighted by Gasteiger charge is -2.22. The van der Waals surface area contributed by atoms with Gasteiger partial charge in [-0.05, 0) is 33.3 Å². The lowest BCUT2D eigenvalue weighted by molar-refractivity contribution is 0.100. The summed E-state index contributed by atoms with van der Waals surface area (Å²) in [7, 11) is 0. The zero-order valence-electron chi connectivity index (χ0n) is 10.3. The molecule has 0 aliphatic heterocycles. The highest BCUT2D eigenvalue weighted by Gasteiger charge is 2.17. The Hall–Kier alpha value is -1.51. The van der Waals surface area contributed by atoms with Crippen molar-refractivity contribution in [2.45, 2.75) is 39.3 Å². The predicted octanol–water partition coefficient (Wildman–Crippen LogP) is 3.27. The second-order valence-corrected chi connectivity index (χ2v) is 4.83. The predicted molar refractivity (Wildman–Crippen MR) is 64.2 cm³/mol. The first-order chi connectivity index (χ1) is 7.38. The molecule has 0 saturated heterocycles. The molecule has 1 N–H and O–H groups in total. The molecule has 0 unspecified atom stereocenters. The van der Waals surface area contributed by atoms with Crippen molar-refractivity contribution in [3.63, 3.8) is 0 Å². The molecule has 3 heteroatoms. The Morgan fingerprint density at radius 1 is 1.25 bits per heavy atom. The maximum absolute atomic E-state index is 11.5. The zero-order chi connectivity index (χ0) is 12.2. The number of nitrogens with one attached hydrogen (secondary N) is 1. The van der Waals surface area contributed by atoms with E-state index in [1.54, 1.807) is 0 Å². The molecule has 0 aliphatic rings. The monoisotopic (exact) mass is 221 g/mol. The van der Waals surface area contributed by atoms with Gasteiger partial charge in [-0.1, -0.05) is 30.3 Å². The van der Waals surface area contributed by atoms with Crippen LogP contribution in [0.5, 0.6) is 0 Å². The average molecular weight is 221 g/mol. The van der Waals surface area contributed by atoms with E-state index in [1.165, 1.54) is 0 Å². The molecule has 0 fully saturated rings. The van der Waals surface area contributed by atoms with Crippen molar-refractivity contribution in [2.24, 2.45) is 0 Å². The molecule has 0 heterocycles. The molecule has 0 radical (unpaired) electrons. The van der Waals surface area contributed by atoms with Gasteiger partial charge < -0.3 is 10.1 Å². The third-order valence-electron chi connectivity index (χ3n) is 2.03. The Balaban J connectivity index is 2.52. The fourth-order valence-corrected chi connectivity index (χ4v) is 1.29. The molecule has 0 aliphatic carbocycles. The number of amides is 1. The van der Waals surface area contributed by atoms with Gasteiger partial charge in [0.15, 0.2) is 0 Å². The first kappa shape index (κ1) is 12.6. The van der Waals surface area contributed by atoms with Crippen LogP contribution in [0.4, 0.5) is 4.79 Å². The van der Waals surface area contributed by atoms with Crippen molar-refractivity contribution < 1.29 is 9.53 Å². The van der Waals surface area contributed by atoms with E-state index in [-0.39, 0.29) is 17.7 Å². The maximum atomic E-state index is 11.5. The summed E-state index contributed by atoms with van der Waals surface area (Å²) >= 11 is 0. The van der Waals surface area contributed by atoms with Crippen molar-refractivity contribution in [3.8, 4) is 0 Å². The van der Waals surface area contributed by atoms with Gasteiger partial charge in [0.25, 0.3) is 0 Å². The Morgan fingerprint density at radius 2 is 1.81 bits per heavy atom. The molecule has 88 valence electrons. The summed E-state index contributed by atoms with van der Waals surface area (Å²) in [5.74, 6) is 0. The highest BCUT2D eigenvalue weighted by atomic mass is 16.6. The van der Waals surface area contributed by atoms with Gasteiger partial charge in [0, 0.05) is 5.54 Å². The smallest absolute Gasteiger partial charge is 0.408 e. The zero-order valence-corrected chi connectivity index (χ0v) is 10.3. The Bertz CT molecular complexity index is 341. The topological polar surface area (TPSA) is 38.3 Å². The Morgan fingerprint density at radius 3 is 2.31 bits per heavy atom. The van der Waals surface area contributed by atoms with E-state index in [0.29, 0.717) is 0 Å². The molecule has 1 rings (SSSR count). The number of benzene rings is 1. The molecule has 1 amide bonds. The number of ether oxygens (including phenoxy) is 1. The Kier molecular flexibility index (Phi) is 3.93. The SMILES string of the molecule is C[C@@H](OC(=O)NC(C)(C)C)c1ccccc1. The van der Waals surface area contributed by atoms with E-state index >= 15 is 0 Å². The van der Waals surface area contributed by atoms with Gasteiger partial charge in [0.1, 0.15) is 6.10 Å². The van der Waals surface area contributed by atoms with E-state index < -0.39 is 0 Å². The number of hydrogen-bond acceptors (Lipinski definition) is 2. The molecule has 0 aromatic heterocycles. The van der Waals surface area contributed by atoms with E-state index in [2.05, 4.69) is 5.32 Å². The Labute approximate surface area is 96.8 Å². The minimum Gasteiger partial charge on any atom is -0.442 e. The van der Waals surface area contributed by atoms with Gasteiger partial charge in [-0.3, -0.25) is 0 Å². The van der Waals surface area contributed by atoms with Crippen LogP contribution in [0.1, 0.15) is 39.4 Å². The second-order valence-electron chi connectivity index (χ2n) is 4.83. The third-order valence-corrected chi connectivity index (χ3v) is 2.03. The summed E-state index contributed by atoms with van der Waals surface area (Å²) in [6.07, 6.45) is -0.618. The van der Waals surface area contributed by atoms with Gasteiger partial charge in [0.05, 0.1) is 0 Å². The van der Waals surface area contributed by atoms with Crippen LogP contribution in [-0.2, 0) is 4.74 Å². The van der Waals surface area contributed by atoms with Crippen molar-refractivity contribution in [1.82, 2.24) is 5.32 Å². The first-order valence-corrected chi connectivity index (χ1v) is 5.42. The lowest BCUT2D eigenvalue weighted by Crippen LogP contribution is -2.41. The average Bonchev–Trinajstić information content (AvgIpc) is 2.16. The largest absolute Gasteiger partial charge is 0.442 e. The highest BCUT2D eigenvalue weighted by molar-refractivity contribution is 5.68. The van der Waals surface area contributed by atoms with E-state index in [9.17, 15) is 4.79 Å². The van der Waals surface area contributed by atoms with Crippen LogP contribution in [0, 0.1) is 0 Å². The van der Waals surface area contributed by atoms with Gasteiger partial charge in [0.2, 0.25) is 0 Å². The maximum Gasteiger partial charge on any atom is 0.408 e. The summed E-state index contributed by atoms with van der Waals surface area (Å²) in [4.78, 5) is 11.5. The molecule has 0 bridgehead atoms. The van der Waals surface area contributed by atoms with Crippen LogP contribution in [0.15, 0.2) is 30.3 Å². The van der Waals surface area contributed by atoms with Crippen molar-refractivity contribution >= 4 is 6.09 Å². The number of hydrogen-bond donors (Lipinski definition) is 1. The first-order valence-electron chi connectivity index (χ1n) is 5.42. The molecule has 3 nitrogen and oxygen atoms in total. The van der Waals surface area contributed by atoms with Gasteiger partial charge >= 0.3 is 6.09 Å². The second kappa shape index (κ2) is 5.01. The van der Waals surface area contributed by atoms with Crippen molar-refractivity contribution in [1.29, 1.82) is 0 Å². The number of rotatable bonds is 2. The quantitative estimate of drug-likeness (QED) is 0.832. The molecule has 0 saturated carbocycles. The molecular formula is C13H19NO2. The molecule has 1 aromatic rings. The van der Waals surface area contributed by atoms with Gasteiger partial charge in [-0.2, -0.15) is 0 Å². The minimum atomic E-state index is -0.385. The van der Waals surface area contributed by atoms with E-state index in [0.717, 1.165) is 5.56 Å². The van der Waals surface area contributed by atoms with Crippen LogP contribution in [0.25, 0.3) is 0 Å². The van der Waals surface area contributed by atoms with Gasteiger partial charge in [-0.25, -0.2) is 4.79 Å².